The van der Waals surface area contributed by atoms with Crippen molar-refractivity contribution in [2.24, 2.45) is 0 Å². The van der Waals surface area contributed by atoms with Gasteiger partial charge in [0.15, 0.2) is 0 Å². The van der Waals surface area contributed by atoms with Gasteiger partial charge in [0.25, 0.3) is 12.3 Å². The summed E-state index contributed by atoms with van der Waals surface area (Å²) in [4.78, 5) is 15.7. The third kappa shape index (κ3) is 3.53. The van der Waals surface area contributed by atoms with Crippen LogP contribution >= 0.6 is 0 Å². The van der Waals surface area contributed by atoms with Gasteiger partial charge >= 0.3 is 0 Å². The molecule has 1 amide bonds. The minimum atomic E-state index is -3.12. The lowest BCUT2D eigenvalue weighted by Gasteiger charge is -2.21. The van der Waals surface area contributed by atoms with E-state index in [-0.39, 0.29) is 0 Å². The second-order valence-corrected chi connectivity index (χ2v) is 5.10. The molecule has 0 spiro atoms. The van der Waals surface area contributed by atoms with Gasteiger partial charge in [0.05, 0.1) is 11.1 Å². The second kappa shape index (κ2) is 6.43. The summed E-state index contributed by atoms with van der Waals surface area (Å²) in [5.74, 6) is -3.04. The van der Waals surface area contributed by atoms with Crippen molar-refractivity contribution in [2.75, 3.05) is 33.2 Å². The zero-order valence-corrected chi connectivity index (χ0v) is 11.6. The van der Waals surface area contributed by atoms with Crippen LogP contribution in [-0.4, -0.2) is 48.9 Å². The fraction of sp³-hybridized carbons (Fsp3) is 0.500. The van der Waals surface area contributed by atoms with Crippen LogP contribution in [0.3, 0.4) is 0 Å². The third-order valence-corrected chi connectivity index (χ3v) is 3.56. The maximum Gasteiger partial charge on any atom is 0.266 e. The predicted molar refractivity (Wildman–Crippen MR) is 69.3 cm³/mol. The van der Waals surface area contributed by atoms with Crippen LogP contribution in [-0.2, 0) is 0 Å². The van der Waals surface area contributed by atoms with Crippen molar-refractivity contribution in [2.45, 2.75) is 12.8 Å². The van der Waals surface area contributed by atoms with E-state index in [9.17, 15) is 22.4 Å². The van der Waals surface area contributed by atoms with E-state index in [4.69, 9.17) is 0 Å². The summed E-state index contributed by atoms with van der Waals surface area (Å²) in [6, 6.07) is 0.963. The topological polar surface area (TPSA) is 23.6 Å². The largest absolute Gasteiger partial charge is 0.337 e. The molecule has 1 heterocycles. The van der Waals surface area contributed by atoms with E-state index in [1.54, 1.807) is 0 Å². The van der Waals surface area contributed by atoms with Gasteiger partial charge in [-0.2, -0.15) is 0 Å². The van der Waals surface area contributed by atoms with Crippen molar-refractivity contribution >= 4 is 5.91 Å². The number of benzene rings is 1. The first-order valence-corrected chi connectivity index (χ1v) is 6.65. The second-order valence-electron chi connectivity index (χ2n) is 5.10. The Morgan fingerprint density at radius 2 is 1.81 bits per heavy atom. The van der Waals surface area contributed by atoms with Crippen LogP contribution in [0.25, 0.3) is 0 Å². The number of nitrogens with zero attached hydrogens (tertiary/aromatic N) is 2. The van der Waals surface area contributed by atoms with Gasteiger partial charge in [0.2, 0.25) is 0 Å². The van der Waals surface area contributed by atoms with Crippen LogP contribution in [0.1, 0.15) is 28.8 Å². The van der Waals surface area contributed by atoms with Gasteiger partial charge in [0.1, 0.15) is 11.6 Å². The standard InChI is InChI=1S/C14H16F4N2O/c1-19-3-2-4-20(6-5-19)14(21)10-8-11(15)9(13(17)18)7-12(10)16/h7-8,13H,2-6H2,1H3. The highest BCUT2D eigenvalue weighted by Crippen LogP contribution is 2.25. The summed E-state index contributed by atoms with van der Waals surface area (Å²) in [5.41, 5.74) is -1.53. The van der Waals surface area contributed by atoms with E-state index in [1.807, 2.05) is 11.9 Å². The molecule has 1 aliphatic heterocycles. The molecule has 1 fully saturated rings. The fourth-order valence-corrected chi connectivity index (χ4v) is 2.31. The summed E-state index contributed by atoms with van der Waals surface area (Å²) in [7, 11) is 1.91. The average Bonchev–Trinajstić information content (AvgIpc) is 2.64. The van der Waals surface area contributed by atoms with Gasteiger partial charge in [0, 0.05) is 19.6 Å². The third-order valence-electron chi connectivity index (χ3n) is 3.56. The Bertz CT molecular complexity index is 536. The molecule has 0 atom stereocenters. The molecule has 2 rings (SSSR count). The van der Waals surface area contributed by atoms with Crippen LogP contribution in [0.2, 0.25) is 0 Å². The lowest BCUT2D eigenvalue weighted by atomic mass is 10.1. The minimum absolute atomic E-state index is 0.396. The number of likely N-dealkylation sites (N-methyl/N-ethyl adjacent to an activating group) is 1. The Morgan fingerprint density at radius 1 is 1.10 bits per heavy atom. The number of halogens is 4. The lowest BCUT2D eigenvalue weighted by molar-refractivity contribution is 0.0756. The molecule has 0 aromatic heterocycles. The molecule has 21 heavy (non-hydrogen) atoms. The summed E-state index contributed by atoms with van der Waals surface area (Å²) < 4.78 is 52.3. The monoisotopic (exact) mass is 304 g/mol. The lowest BCUT2D eigenvalue weighted by Crippen LogP contribution is -2.35. The van der Waals surface area contributed by atoms with E-state index in [0.29, 0.717) is 31.8 Å². The Kier molecular flexibility index (Phi) is 4.82. The van der Waals surface area contributed by atoms with E-state index < -0.39 is 35.1 Å². The number of carbonyl (C=O) groups excluding carboxylic acids is 1. The Morgan fingerprint density at radius 3 is 2.48 bits per heavy atom. The molecular formula is C14H16F4N2O. The van der Waals surface area contributed by atoms with E-state index in [2.05, 4.69) is 0 Å². The van der Waals surface area contributed by atoms with Gasteiger partial charge < -0.3 is 9.80 Å². The Balaban J connectivity index is 2.25. The first-order valence-electron chi connectivity index (χ1n) is 6.65. The minimum Gasteiger partial charge on any atom is -0.337 e. The molecular weight excluding hydrogens is 288 g/mol. The molecule has 0 N–H and O–H groups in total. The molecule has 1 aliphatic rings. The number of amides is 1. The number of carbonyl (C=O) groups is 1. The molecule has 1 aromatic rings. The fourth-order valence-electron chi connectivity index (χ4n) is 2.31. The summed E-state index contributed by atoms with van der Waals surface area (Å²) >= 11 is 0. The van der Waals surface area contributed by atoms with E-state index in [0.717, 1.165) is 13.0 Å². The molecule has 0 radical (unpaired) electrons. The average molecular weight is 304 g/mol. The zero-order chi connectivity index (χ0) is 15.6. The highest BCUT2D eigenvalue weighted by molar-refractivity contribution is 5.94. The summed E-state index contributed by atoms with van der Waals surface area (Å²) in [6.07, 6.45) is -2.39. The number of hydrogen-bond donors (Lipinski definition) is 0. The van der Waals surface area contributed by atoms with Crippen molar-refractivity contribution in [3.8, 4) is 0 Å². The van der Waals surface area contributed by atoms with Crippen LogP contribution < -0.4 is 0 Å². The molecule has 0 bridgehead atoms. The molecule has 7 heteroatoms. The van der Waals surface area contributed by atoms with Gasteiger partial charge in [-0.15, -0.1) is 0 Å². The van der Waals surface area contributed by atoms with Crippen molar-refractivity contribution in [1.29, 1.82) is 0 Å². The SMILES string of the molecule is CN1CCCN(C(=O)c2cc(F)c(C(F)F)cc2F)CC1. The van der Waals surface area contributed by atoms with Crippen molar-refractivity contribution in [1.82, 2.24) is 9.80 Å². The molecule has 1 aromatic carbocycles. The van der Waals surface area contributed by atoms with Gasteiger partial charge in [-0.3, -0.25) is 4.79 Å². The van der Waals surface area contributed by atoms with Crippen LogP contribution in [0, 0.1) is 11.6 Å². The molecule has 0 unspecified atom stereocenters. The zero-order valence-electron chi connectivity index (χ0n) is 11.6. The number of alkyl halides is 2. The predicted octanol–water partition coefficient (Wildman–Crippen LogP) is 2.68. The van der Waals surface area contributed by atoms with Crippen molar-refractivity contribution < 1.29 is 22.4 Å². The Hall–Kier alpha value is -1.63. The van der Waals surface area contributed by atoms with Crippen molar-refractivity contribution in [3.63, 3.8) is 0 Å². The maximum absolute atomic E-state index is 13.8. The molecule has 0 aliphatic carbocycles. The molecule has 0 saturated carbocycles. The number of rotatable bonds is 2. The molecule has 1 saturated heterocycles. The smallest absolute Gasteiger partial charge is 0.266 e. The number of hydrogen-bond acceptors (Lipinski definition) is 2. The molecule has 3 nitrogen and oxygen atoms in total. The Labute approximate surface area is 120 Å². The van der Waals surface area contributed by atoms with Crippen LogP contribution in [0.4, 0.5) is 17.6 Å². The summed E-state index contributed by atoms with van der Waals surface area (Å²) in [5, 5.41) is 0. The summed E-state index contributed by atoms with van der Waals surface area (Å²) in [6.45, 7) is 2.27. The first-order chi connectivity index (χ1) is 9.90. The van der Waals surface area contributed by atoms with Gasteiger partial charge in [-0.05, 0) is 32.1 Å². The quantitative estimate of drug-likeness (QED) is 0.784. The van der Waals surface area contributed by atoms with Gasteiger partial charge in [-0.1, -0.05) is 0 Å². The van der Waals surface area contributed by atoms with Crippen molar-refractivity contribution in [3.05, 3.63) is 34.9 Å². The van der Waals surface area contributed by atoms with Crippen LogP contribution in [0.5, 0.6) is 0 Å². The first kappa shape index (κ1) is 15.8. The highest BCUT2D eigenvalue weighted by atomic mass is 19.3. The van der Waals surface area contributed by atoms with Crippen LogP contribution in [0.15, 0.2) is 12.1 Å². The van der Waals surface area contributed by atoms with Gasteiger partial charge in [-0.25, -0.2) is 17.6 Å². The van der Waals surface area contributed by atoms with E-state index in [1.165, 1.54) is 4.90 Å². The normalized spacial score (nSPS) is 17.1. The maximum atomic E-state index is 13.8. The molecule has 116 valence electrons. The van der Waals surface area contributed by atoms with E-state index >= 15 is 0 Å². The highest BCUT2D eigenvalue weighted by Gasteiger charge is 2.25.